The monoisotopic (exact) mass is 541 g/mol. The number of nitrogens with one attached hydrogen (secondary N) is 1. The van der Waals surface area contributed by atoms with Gasteiger partial charge in [0, 0.05) is 36.3 Å². The number of nitrogens with zero attached hydrogens (tertiary/aromatic N) is 1. The highest BCUT2D eigenvalue weighted by molar-refractivity contribution is 7.15. The molecule has 38 heavy (non-hydrogen) atoms. The molecule has 3 aliphatic carbocycles. The van der Waals surface area contributed by atoms with Crippen LogP contribution in [0.25, 0.3) is 0 Å². The van der Waals surface area contributed by atoms with Crippen molar-refractivity contribution in [3.8, 4) is 0 Å². The average molecular weight is 542 g/mol. The number of allylic oxidation sites excluding steroid dienone is 5. The second-order valence-corrected chi connectivity index (χ2v) is 12.4. The lowest BCUT2D eigenvalue weighted by Gasteiger charge is -2.50. The molecule has 0 amide bonds. The summed E-state index contributed by atoms with van der Waals surface area (Å²) in [5, 5.41) is 14.5. The molecule has 6 atom stereocenters. The van der Waals surface area contributed by atoms with Gasteiger partial charge in [0.2, 0.25) is 6.10 Å². The van der Waals surface area contributed by atoms with Crippen LogP contribution in [0, 0.1) is 30.1 Å². The number of thiazole rings is 1. The Kier molecular flexibility index (Phi) is 8.62. The maximum Gasteiger partial charge on any atom is 0.479 e. The maximum absolute atomic E-state index is 11.3. The fraction of sp³-hybridized carbons (Fsp3) is 0.567. The van der Waals surface area contributed by atoms with Crippen molar-refractivity contribution < 1.29 is 24.2 Å². The van der Waals surface area contributed by atoms with Crippen LogP contribution in [0.3, 0.4) is 0 Å². The SMILES string of the molecule is C=C1CCC2C(CCC3(C)C(OC(C)=[OH+])C/C(=C\C[C@@H](O)Nc4ncc(C)s4)C23)/C1=C/C=C(\C)OC(C)=O. The minimum absolute atomic E-state index is 0.00267. The molecule has 1 aromatic heterocycles. The third-order valence-corrected chi connectivity index (χ3v) is 9.27. The summed E-state index contributed by atoms with van der Waals surface area (Å²) in [6.45, 7) is 13.5. The van der Waals surface area contributed by atoms with Crippen molar-refractivity contribution in [3.05, 3.63) is 58.4 Å². The van der Waals surface area contributed by atoms with E-state index in [2.05, 4.69) is 36.0 Å². The molecule has 206 valence electrons. The molecule has 1 heterocycles. The van der Waals surface area contributed by atoms with Crippen molar-refractivity contribution in [2.75, 3.05) is 5.32 Å². The molecule has 3 fully saturated rings. The molecule has 0 bridgehead atoms. The van der Waals surface area contributed by atoms with E-state index in [1.807, 2.05) is 13.0 Å². The van der Waals surface area contributed by atoms with Crippen molar-refractivity contribution in [2.24, 2.45) is 23.2 Å². The number of aromatic nitrogens is 1. The van der Waals surface area contributed by atoms with E-state index in [1.54, 1.807) is 20.0 Å². The second kappa shape index (κ2) is 11.6. The highest BCUT2D eigenvalue weighted by Crippen LogP contribution is 2.63. The topological polar surface area (TPSA) is 102 Å². The summed E-state index contributed by atoms with van der Waals surface area (Å²) in [7, 11) is 0. The average Bonchev–Trinajstić information content (AvgIpc) is 3.36. The van der Waals surface area contributed by atoms with E-state index in [0.717, 1.165) is 42.6 Å². The first-order valence-electron chi connectivity index (χ1n) is 13.5. The third kappa shape index (κ3) is 6.12. The summed E-state index contributed by atoms with van der Waals surface area (Å²) in [6, 6.07) is 0. The Hall–Kier alpha value is -2.71. The highest BCUT2D eigenvalue weighted by Gasteiger charge is 2.60. The Labute approximate surface area is 229 Å². The Morgan fingerprint density at radius 1 is 1.39 bits per heavy atom. The molecule has 4 rings (SSSR count). The van der Waals surface area contributed by atoms with Gasteiger partial charge < -0.3 is 24.7 Å². The molecule has 0 aliphatic heterocycles. The highest BCUT2D eigenvalue weighted by atomic mass is 32.1. The summed E-state index contributed by atoms with van der Waals surface area (Å²) >= 11 is 1.52. The minimum Gasteiger partial charge on any atom is -0.432 e. The van der Waals surface area contributed by atoms with Gasteiger partial charge in [0.25, 0.3) is 0 Å². The number of carbonyl (C=O) groups excluding carboxylic acids is 2. The van der Waals surface area contributed by atoms with Crippen molar-refractivity contribution >= 4 is 28.4 Å². The molecular weight excluding hydrogens is 500 g/mol. The molecule has 3 N–H and O–H groups in total. The van der Waals surface area contributed by atoms with Gasteiger partial charge in [0.1, 0.15) is 12.0 Å². The Morgan fingerprint density at radius 3 is 2.82 bits per heavy atom. The number of ether oxygens (including phenoxy) is 2. The van der Waals surface area contributed by atoms with Gasteiger partial charge in [-0.2, -0.15) is 0 Å². The number of fused-ring (bicyclic) bond motifs is 3. The van der Waals surface area contributed by atoms with Crippen LogP contribution in [0.1, 0.15) is 71.1 Å². The van der Waals surface area contributed by atoms with Crippen molar-refractivity contribution in [1.29, 1.82) is 0 Å². The van der Waals surface area contributed by atoms with Crippen LogP contribution in [0.2, 0.25) is 0 Å². The van der Waals surface area contributed by atoms with Crippen LogP contribution in [-0.2, 0) is 14.3 Å². The number of carbonyl (C=O) groups is 1. The molecule has 7 nitrogen and oxygen atoms in total. The summed E-state index contributed by atoms with van der Waals surface area (Å²) < 4.78 is 11.2. The number of aryl methyl sites for hydroxylation is 1. The molecule has 0 saturated heterocycles. The Balaban J connectivity index is 1.61. The standard InChI is InChI=1S/C30H40N2O5S/c1-17-7-10-25-24(23(17)11-8-18(2)36-20(4)33)13-14-30(6)26(37-21(5)34)15-22(28(25)30)9-12-27(35)32-29-31-16-19(3)38-29/h8-9,11,16,24-28,35H,1,7,10,12-15H2,2-6H3,(H,31,32)/p+1/b18-8+,22-9+,23-11+/t24?,25?,26?,27-,28?,30?/m1/s1. The first-order valence-corrected chi connectivity index (χ1v) is 14.3. The number of hydrogen-bond donors (Lipinski definition) is 2. The van der Waals surface area contributed by atoms with Crippen LogP contribution in [0.4, 0.5) is 5.13 Å². The van der Waals surface area contributed by atoms with Gasteiger partial charge in [-0.25, -0.2) is 4.98 Å². The molecule has 0 spiro atoms. The van der Waals surface area contributed by atoms with Gasteiger partial charge in [-0.3, -0.25) is 4.79 Å². The zero-order valence-electron chi connectivity index (χ0n) is 23.1. The lowest BCUT2D eigenvalue weighted by atomic mass is 9.54. The van der Waals surface area contributed by atoms with Gasteiger partial charge in [0.15, 0.2) is 5.13 Å². The normalized spacial score (nSPS) is 32.1. The van der Waals surface area contributed by atoms with Crippen molar-refractivity contribution in [3.63, 3.8) is 0 Å². The quantitative estimate of drug-likeness (QED) is 0.140. The number of esters is 2. The molecule has 0 aromatic carbocycles. The van der Waals surface area contributed by atoms with Crippen molar-refractivity contribution in [2.45, 2.75) is 85.5 Å². The predicted molar refractivity (Wildman–Crippen MR) is 151 cm³/mol. The summed E-state index contributed by atoms with van der Waals surface area (Å²) in [5.74, 6) is 1.27. The first kappa shape index (κ1) is 28.3. The summed E-state index contributed by atoms with van der Waals surface area (Å²) in [6.07, 6.45) is 12.2. The maximum atomic E-state index is 11.3. The molecule has 8 heteroatoms. The van der Waals surface area contributed by atoms with Gasteiger partial charge in [0.05, 0.1) is 6.92 Å². The largest absolute Gasteiger partial charge is 0.479 e. The number of hydrogen-bond acceptors (Lipinski definition) is 7. The Morgan fingerprint density at radius 2 is 2.16 bits per heavy atom. The fourth-order valence-electron chi connectivity index (χ4n) is 6.88. The summed E-state index contributed by atoms with van der Waals surface area (Å²) in [4.78, 5) is 26.8. The lowest BCUT2D eigenvalue weighted by Crippen LogP contribution is -2.46. The predicted octanol–water partition coefficient (Wildman–Crippen LogP) is 6.20. The molecule has 0 radical (unpaired) electrons. The fourth-order valence-corrected chi connectivity index (χ4v) is 7.59. The zero-order chi connectivity index (χ0) is 27.6. The molecular formula is C30H41N2O5S+. The van der Waals surface area contributed by atoms with E-state index in [0.29, 0.717) is 29.1 Å². The van der Waals surface area contributed by atoms with Gasteiger partial charge in [-0.05, 0) is 68.9 Å². The minimum atomic E-state index is -0.735. The van der Waals surface area contributed by atoms with E-state index >= 15 is 0 Å². The third-order valence-electron chi connectivity index (χ3n) is 8.42. The van der Waals surface area contributed by atoms with E-state index in [4.69, 9.17) is 9.47 Å². The van der Waals surface area contributed by atoms with Gasteiger partial charge in [-0.15, -0.1) is 11.3 Å². The van der Waals surface area contributed by atoms with Crippen LogP contribution in [0.5, 0.6) is 0 Å². The zero-order valence-corrected chi connectivity index (χ0v) is 23.9. The Bertz CT molecular complexity index is 1180. The lowest BCUT2D eigenvalue weighted by molar-refractivity contribution is -0.136. The number of anilines is 1. The number of aliphatic hydroxyl groups is 1. The van der Waals surface area contributed by atoms with Gasteiger partial charge in [-0.1, -0.05) is 36.8 Å². The molecule has 1 aromatic rings. The number of rotatable bonds is 7. The summed E-state index contributed by atoms with van der Waals surface area (Å²) in [5.41, 5.74) is 3.57. The van der Waals surface area contributed by atoms with Crippen LogP contribution in [0.15, 0.2) is 53.5 Å². The molecule has 3 saturated carbocycles. The van der Waals surface area contributed by atoms with E-state index in [-0.39, 0.29) is 29.4 Å². The van der Waals surface area contributed by atoms with E-state index < -0.39 is 6.23 Å². The second-order valence-electron chi connectivity index (χ2n) is 11.2. The smallest absolute Gasteiger partial charge is 0.432 e. The van der Waals surface area contributed by atoms with E-state index in [1.165, 1.54) is 29.4 Å². The van der Waals surface area contributed by atoms with Crippen LogP contribution < -0.4 is 5.32 Å². The van der Waals surface area contributed by atoms with Crippen LogP contribution >= 0.6 is 11.3 Å². The molecule has 5 unspecified atom stereocenters. The first-order chi connectivity index (χ1) is 18.0. The van der Waals surface area contributed by atoms with Crippen LogP contribution in [-0.4, -0.2) is 39.2 Å². The number of aliphatic hydroxyl groups excluding tert-OH is 1. The van der Waals surface area contributed by atoms with Gasteiger partial charge >= 0.3 is 11.9 Å². The van der Waals surface area contributed by atoms with E-state index in [9.17, 15) is 14.7 Å². The molecule has 3 aliphatic rings. The van der Waals surface area contributed by atoms with Crippen molar-refractivity contribution in [1.82, 2.24) is 4.98 Å².